The van der Waals surface area contributed by atoms with Gasteiger partial charge in [0.1, 0.15) is 10.6 Å². The molecule has 1 aromatic rings. The zero-order chi connectivity index (χ0) is 13.4. The van der Waals surface area contributed by atoms with Crippen LogP contribution in [-0.4, -0.2) is 47.4 Å². The normalized spacial score (nSPS) is 24.2. The van der Waals surface area contributed by atoms with Gasteiger partial charge >= 0.3 is 0 Å². The maximum absolute atomic E-state index is 11.5. The fourth-order valence-electron chi connectivity index (χ4n) is 3.07. The van der Waals surface area contributed by atoms with Crippen LogP contribution >= 0.6 is 11.5 Å². The van der Waals surface area contributed by atoms with E-state index in [1.807, 2.05) is 0 Å². The van der Waals surface area contributed by atoms with Crippen molar-refractivity contribution >= 4 is 28.3 Å². The predicted molar refractivity (Wildman–Crippen MR) is 76.5 cm³/mol. The van der Waals surface area contributed by atoms with Gasteiger partial charge in [-0.1, -0.05) is 0 Å². The number of nitrogen functional groups attached to an aromatic ring is 1. The molecule has 3 rings (SSSR count). The average Bonchev–Trinajstić information content (AvgIpc) is 3.07. The number of carbonyl (C=O) groups excluding carboxylic acids is 1. The Morgan fingerprint density at radius 1 is 1.32 bits per heavy atom. The summed E-state index contributed by atoms with van der Waals surface area (Å²) in [7, 11) is 0. The summed E-state index contributed by atoms with van der Waals surface area (Å²) in [6.07, 6.45) is 3.74. The van der Waals surface area contributed by atoms with Crippen molar-refractivity contribution in [1.82, 2.24) is 9.27 Å². The molecule has 7 heteroatoms. The van der Waals surface area contributed by atoms with Gasteiger partial charge in [-0.15, -0.1) is 0 Å². The van der Waals surface area contributed by atoms with Crippen molar-refractivity contribution in [2.45, 2.75) is 25.3 Å². The van der Waals surface area contributed by atoms with Gasteiger partial charge in [0.15, 0.2) is 5.82 Å². The van der Waals surface area contributed by atoms with Gasteiger partial charge in [-0.2, -0.15) is 4.37 Å². The molecule has 1 amide bonds. The highest BCUT2D eigenvalue weighted by molar-refractivity contribution is 7.11. The van der Waals surface area contributed by atoms with E-state index in [4.69, 9.17) is 11.5 Å². The highest BCUT2D eigenvalue weighted by atomic mass is 32.1. The summed E-state index contributed by atoms with van der Waals surface area (Å²) in [4.78, 5) is 16.2. The number of hydrogen-bond acceptors (Lipinski definition) is 6. The molecule has 1 atom stereocenters. The summed E-state index contributed by atoms with van der Waals surface area (Å²) in [5, 5.41) is 0.840. The van der Waals surface area contributed by atoms with Crippen molar-refractivity contribution < 1.29 is 4.79 Å². The standard InChI is InChI=1S/C12H19N5OS/c13-10-9(11(14)18)12(19-15-10)17-6-3-8(7-17)16-4-1-2-5-16/h8H,1-7H2,(H2,13,15)(H2,14,18). The van der Waals surface area contributed by atoms with E-state index in [-0.39, 0.29) is 5.82 Å². The number of primary amides is 1. The molecule has 1 aromatic heterocycles. The van der Waals surface area contributed by atoms with Gasteiger partial charge in [0.25, 0.3) is 5.91 Å². The van der Waals surface area contributed by atoms with Crippen LogP contribution in [0.4, 0.5) is 10.8 Å². The second-order valence-corrected chi connectivity index (χ2v) is 6.00. The van der Waals surface area contributed by atoms with Crippen LogP contribution < -0.4 is 16.4 Å². The van der Waals surface area contributed by atoms with Crippen molar-refractivity contribution in [3.05, 3.63) is 5.56 Å². The van der Waals surface area contributed by atoms with Crippen molar-refractivity contribution in [3.8, 4) is 0 Å². The molecular formula is C12H19N5OS. The zero-order valence-electron chi connectivity index (χ0n) is 10.8. The third kappa shape index (κ3) is 2.28. The lowest BCUT2D eigenvalue weighted by Gasteiger charge is -2.23. The van der Waals surface area contributed by atoms with E-state index in [2.05, 4.69) is 14.2 Å². The molecule has 2 aliphatic rings. The molecule has 0 radical (unpaired) electrons. The van der Waals surface area contributed by atoms with Crippen molar-refractivity contribution in [3.63, 3.8) is 0 Å². The molecule has 2 fully saturated rings. The largest absolute Gasteiger partial charge is 0.382 e. The number of amides is 1. The van der Waals surface area contributed by atoms with Gasteiger partial charge in [-0.3, -0.25) is 9.69 Å². The van der Waals surface area contributed by atoms with Crippen LogP contribution in [0.3, 0.4) is 0 Å². The lowest BCUT2D eigenvalue weighted by molar-refractivity contribution is 0.100. The number of likely N-dealkylation sites (tertiary alicyclic amines) is 1. The van der Waals surface area contributed by atoms with Crippen molar-refractivity contribution in [1.29, 1.82) is 0 Å². The van der Waals surface area contributed by atoms with Crippen LogP contribution in [0.15, 0.2) is 0 Å². The Balaban J connectivity index is 1.75. The van der Waals surface area contributed by atoms with Gasteiger partial charge in [-0.25, -0.2) is 0 Å². The minimum Gasteiger partial charge on any atom is -0.382 e. The van der Waals surface area contributed by atoms with E-state index in [1.165, 1.54) is 37.5 Å². The van der Waals surface area contributed by atoms with Gasteiger partial charge in [-0.05, 0) is 43.9 Å². The Labute approximate surface area is 116 Å². The van der Waals surface area contributed by atoms with Crippen LogP contribution in [0.5, 0.6) is 0 Å². The first-order chi connectivity index (χ1) is 9.16. The fraction of sp³-hybridized carbons (Fsp3) is 0.667. The second-order valence-electron chi connectivity index (χ2n) is 5.24. The fourth-order valence-corrected chi connectivity index (χ4v) is 3.93. The molecule has 0 aliphatic carbocycles. The molecular weight excluding hydrogens is 262 g/mol. The highest BCUT2D eigenvalue weighted by Gasteiger charge is 2.32. The monoisotopic (exact) mass is 281 g/mol. The Morgan fingerprint density at radius 2 is 2.05 bits per heavy atom. The molecule has 1 unspecified atom stereocenters. The van der Waals surface area contributed by atoms with E-state index >= 15 is 0 Å². The number of anilines is 2. The van der Waals surface area contributed by atoms with E-state index in [0.717, 1.165) is 24.5 Å². The molecule has 0 saturated carbocycles. The van der Waals surface area contributed by atoms with Crippen LogP contribution in [0.2, 0.25) is 0 Å². The molecule has 19 heavy (non-hydrogen) atoms. The second kappa shape index (κ2) is 4.97. The summed E-state index contributed by atoms with van der Waals surface area (Å²) in [5.74, 6) is -0.219. The van der Waals surface area contributed by atoms with E-state index in [1.54, 1.807) is 0 Å². The Bertz CT molecular complexity index is 482. The van der Waals surface area contributed by atoms with E-state index in [0.29, 0.717) is 11.6 Å². The maximum Gasteiger partial charge on any atom is 0.255 e. The Kier molecular flexibility index (Phi) is 3.32. The number of aromatic nitrogens is 1. The van der Waals surface area contributed by atoms with Crippen LogP contribution in [0.25, 0.3) is 0 Å². The number of nitrogens with two attached hydrogens (primary N) is 2. The van der Waals surface area contributed by atoms with Crippen LogP contribution in [0.1, 0.15) is 29.6 Å². The van der Waals surface area contributed by atoms with Crippen LogP contribution in [-0.2, 0) is 0 Å². The number of hydrogen-bond donors (Lipinski definition) is 2. The van der Waals surface area contributed by atoms with Gasteiger partial charge in [0.05, 0.1) is 0 Å². The van der Waals surface area contributed by atoms with Gasteiger partial charge < -0.3 is 16.4 Å². The van der Waals surface area contributed by atoms with E-state index in [9.17, 15) is 4.79 Å². The summed E-state index contributed by atoms with van der Waals surface area (Å²) in [6, 6.07) is 0.589. The number of rotatable bonds is 3. The molecule has 104 valence electrons. The van der Waals surface area contributed by atoms with Crippen molar-refractivity contribution in [2.24, 2.45) is 5.73 Å². The summed E-state index contributed by atoms with van der Waals surface area (Å²) < 4.78 is 4.07. The quantitative estimate of drug-likeness (QED) is 0.842. The minimum atomic E-state index is -0.481. The van der Waals surface area contributed by atoms with Gasteiger partial charge in [0, 0.05) is 19.1 Å². The third-order valence-electron chi connectivity index (χ3n) is 4.05. The first-order valence-electron chi connectivity index (χ1n) is 6.70. The summed E-state index contributed by atoms with van der Waals surface area (Å²) >= 11 is 1.28. The lowest BCUT2D eigenvalue weighted by atomic mass is 10.2. The molecule has 3 heterocycles. The molecule has 0 aromatic carbocycles. The molecule has 4 N–H and O–H groups in total. The maximum atomic E-state index is 11.5. The molecule has 2 aliphatic heterocycles. The van der Waals surface area contributed by atoms with Crippen LogP contribution in [0, 0.1) is 0 Å². The minimum absolute atomic E-state index is 0.261. The van der Waals surface area contributed by atoms with Gasteiger partial charge in [0.2, 0.25) is 0 Å². The summed E-state index contributed by atoms with van der Waals surface area (Å²) in [5.41, 5.74) is 11.5. The number of carbonyl (C=O) groups is 1. The average molecular weight is 281 g/mol. The van der Waals surface area contributed by atoms with E-state index < -0.39 is 5.91 Å². The zero-order valence-corrected chi connectivity index (χ0v) is 11.7. The summed E-state index contributed by atoms with van der Waals surface area (Å²) in [6.45, 7) is 4.29. The molecule has 6 nitrogen and oxygen atoms in total. The Morgan fingerprint density at radius 3 is 2.74 bits per heavy atom. The molecule has 0 spiro atoms. The first-order valence-corrected chi connectivity index (χ1v) is 7.48. The van der Waals surface area contributed by atoms with Crippen molar-refractivity contribution in [2.75, 3.05) is 36.8 Å². The molecule has 0 bridgehead atoms. The first kappa shape index (κ1) is 12.7. The highest BCUT2D eigenvalue weighted by Crippen LogP contribution is 2.33. The third-order valence-corrected chi connectivity index (χ3v) is 4.98. The SMILES string of the molecule is NC(=O)c1c(N)nsc1N1CCC(N2CCCC2)C1. The lowest BCUT2D eigenvalue weighted by Crippen LogP contribution is -2.35. The topological polar surface area (TPSA) is 88.5 Å². The smallest absolute Gasteiger partial charge is 0.255 e. The Hall–Kier alpha value is -1.34. The molecule has 2 saturated heterocycles. The predicted octanol–water partition coefficient (Wildman–Crippen LogP) is 0.499. The number of nitrogens with zero attached hydrogens (tertiary/aromatic N) is 3.